The Morgan fingerprint density at radius 2 is 1.54 bits per heavy atom. The lowest BCUT2D eigenvalue weighted by Gasteiger charge is -2.32. The lowest BCUT2D eigenvalue weighted by Crippen LogP contribution is -2.51. The number of benzene rings is 3. The van der Waals surface area contributed by atoms with Crippen molar-refractivity contribution in [3.05, 3.63) is 105 Å². The van der Waals surface area contributed by atoms with Crippen LogP contribution in [0.1, 0.15) is 30.5 Å². The summed E-state index contributed by atoms with van der Waals surface area (Å²) in [6, 6.07) is 21.9. The largest absolute Gasteiger partial charge is 0.354 e. The summed E-state index contributed by atoms with van der Waals surface area (Å²) in [5, 5.41) is 4.56. The number of halogens is 3. The number of thioether (sulfide) groups is 1. The van der Waals surface area contributed by atoms with Gasteiger partial charge in [-0.05, 0) is 46.9 Å². The summed E-state index contributed by atoms with van der Waals surface area (Å²) >= 11 is 19.9. The summed E-state index contributed by atoms with van der Waals surface area (Å²) in [7, 11) is 0. The number of hydrogen-bond acceptors (Lipinski definition) is 3. The minimum atomic E-state index is -0.681. The fourth-order valence-electron chi connectivity index (χ4n) is 3.73. The predicted octanol–water partition coefficient (Wildman–Crippen LogP) is 7.29. The highest BCUT2D eigenvalue weighted by atomic mass is 35.5. The molecule has 0 fully saturated rings. The van der Waals surface area contributed by atoms with Gasteiger partial charge in [-0.15, -0.1) is 11.8 Å². The van der Waals surface area contributed by atoms with Gasteiger partial charge in [0.2, 0.25) is 11.8 Å². The molecule has 1 atom stereocenters. The van der Waals surface area contributed by atoms with E-state index in [1.165, 1.54) is 11.8 Å². The van der Waals surface area contributed by atoms with E-state index in [0.717, 1.165) is 16.7 Å². The number of rotatable bonds is 12. The van der Waals surface area contributed by atoms with E-state index >= 15 is 0 Å². The van der Waals surface area contributed by atoms with Crippen molar-refractivity contribution < 1.29 is 9.59 Å². The van der Waals surface area contributed by atoms with E-state index in [9.17, 15) is 9.59 Å². The molecule has 0 heterocycles. The second kappa shape index (κ2) is 14.7. The van der Waals surface area contributed by atoms with Crippen molar-refractivity contribution >= 4 is 58.4 Å². The average Bonchev–Trinajstić information content (AvgIpc) is 2.88. The predicted molar refractivity (Wildman–Crippen MR) is 156 cm³/mol. The van der Waals surface area contributed by atoms with Gasteiger partial charge in [-0.3, -0.25) is 9.59 Å². The first-order valence-electron chi connectivity index (χ1n) is 12.1. The maximum absolute atomic E-state index is 13.7. The van der Waals surface area contributed by atoms with Crippen LogP contribution in [0, 0.1) is 5.92 Å². The number of hydrogen-bond donors (Lipinski definition) is 1. The monoisotopic (exact) mass is 576 g/mol. The second-order valence-electron chi connectivity index (χ2n) is 9.23. The molecular formula is C29H31Cl3N2O2S. The summed E-state index contributed by atoms with van der Waals surface area (Å²) in [5.41, 5.74) is 2.86. The van der Waals surface area contributed by atoms with Crippen molar-refractivity contribution in [1.29, 1.82) is 0 Å². The molecule has 196 valence electrons. The van der Waals surface area contributed by atoms with Gasteiger partial charge in [-0.1, -0.05) is 97.2 Å². The molecule has 3 aromatic rings. The molecule has 0 spiro atoms. The van der Waals surface area contributed by atoms with Gasteiger partial charge in [0.25, 0.3) is 0 Å². The molecule has 0 unspecified atom stereocenters. The third-order valence-corrected chi connectivity index (χ3v) is 7.68. The van der Waals surface area contributed by atoms with Gasteiger partial charge in [0.05, 0.1) is 15.8 Å². The minimum absolute atomic E-state index is 0.120. The molecule has 3 rings (SSSR count). The normalized spacial score (nSPS) is 11.8. The molecule has 0 aromatic heterocycles. The fraction of sp³-hybridized carbons (Fsp3) is 0.310. The Morgan fingerprint density at radius 3 is 2.19 bits per heavy atom. The van der Waals surface area contributed by atoms with Crippen molar-refractivity contribution in [3.63, 3.8) is 0 Å². The third-order valence-electron chi connectivity index (χ3n) is 5.70. The first-order chi connectivity index (χ1) is 17.7. The van der Waals surface area contributed by atoms with E-state index in [4.69, 9.17) is 34.8 Å². The number of carbonyl (C=O) groups excluding carboxylic acids is 2. The van der Waals surface area contributed by atoms with Gasteiger partial charge in [0, 0.05) is 30.3 Å². The smallest absolute Gasteiger partial charge is 0.243 e. The number of nitrogens with one attached hydrogen (secondary N) is 1. The van der Waals surface area contributed by atoms with Gasteiger partial charge in [-0.25, -0.2) is 0 Å². The Balaban J connectivity index is 1.86. The second-order valence-corrected chi connectivity index (χ2v) is 11.5. The molecule has 0 aliphatic rings. The topological polar surface area (TPSA) is 49.4 Å². The fourth-order valence-corrected chi connectivity index (χ4v) is 5.05. The van der Waals surface area contributed by atoms with Crippen molar-refractivity contribution in [1.82, 2.24) is 10.2 Å². The van der Waals surface area contributed by atoms with Crippen LogP contribution in [-0.2, 0) is 28.3 Å². The molecule has 2 amide bonds. The zero-order valence-electron chi connectivity index (χ0n) is 20.9. The van der Waals surface area contributed by atoms with Crippen molar-refractivity contribution in [3.8, 4) is 0 Å². The van der Waals surface area contributed by atoms with Gasteiger partial charge < -0.3 is 10.2 Å². The van der Waals surface area contributed by atoms with Gasteiger partial charge in [0.15, 0.2) is 0 Å². The van der Waals surface area contributed by atoms with Gasteiger partial charge >= 0.3 is 0 Å². The Morgan fingerprint density at radius 1 is 0.865 bits per heavy atom. The van der Waals surface area contributed by atoms with Crippen LogP contribution in [0.4, 0.5) is 0 Å². The van der Waals surface area contributed by atoms with Crippen molar-refractivity contribution in [2.45, 2.75) is 38.6 Å². The highest BCUT2D eigenvalue weighted by Crippen LogP contribution is 2.25. The summed E-state index contributed by atoms with van der Waals surface area (Å²) in [6.07, 6.45) is 0.402. The number of amides is 2. The van der Waals surface area contributed by atoms with Crippen LogP contribution in [0.2, 0.25) is 15.1 Å². The van der Waals surface area contributed by atoms with E-state index in [0.29, 0.717) is 33.8 Å². The van der Waals surface area contributed by atoms with Crippen LogP contribution < -0.4 is 5.32 Å². The lowest BCUT2D eigenvalue weighted by atomic mass is 10.0. The molecule has 8 heteroatoms. The van der Waals surface area contributed by atoms with Crippen molar-refractivity contribution in [2.24, 2.45) is 5.92 Å². The molecule has 3 aromatic carbocycles. The van der Waals surface area contributed by atoms with E-state index in [-0.39, 0.29) is 30.0 Å². The maximum atomic E-state index is 13.7. The van der Waals surface area contributed by atoms with Crippen LogP contribution in [0.3, 0.4) is 0 Å². The highest BCUT2D eigenvalue weighted by Gasteiger charge is 2.30. The van der Waals surface area contributed by atoms with Crippen LogP contribution in [0.15, 0.2) is 72.8 Å². The molecular weight excluding hydrogens is 547 g/mol. The van der Waals surface area contributed by atoms with Gasteiger partial charge in [-0.2, -0.15) is 0 Å². The SMILES string of the molecule is CC(C)CNC(=O)[C@@H](Cc1ccccc1)N(Cc1ccc(Cl)c(Cl)c1)C(=O)CSCc1ccc(Cl)cc1. The van der Waals surface area contributed by atoms with E-state index in [1.54, 1.807) is 17.0 Å². The molecule has 0 bridgehead atoms. The van der Waals surface area contributed by atoms with Crippen LogP contribution in [0.25, 0.3) is 0 Å². The first kappa shape index (κ1) is 29.4. The van der Waals surface area contributed by atoms with Crippen LogP contribution >= 0.6 is 46.6 Å². The van der Waals surface area contributed by atoms with Crippen LogP contribution in [-0.4, -0.2) is 35.1 Å². The average molecular weight is 578 g/mol. The molecule has 0 aliphatic heterocycles. The van der Waals surface area contributed by atoms with Crippen molar-refractivity contribution in [2.75, 3.05) is 12.3 Å². The number of carbonyl (C=O) groups is 2. The first-order valence-corrected chi connectivity index (χ1v) is 14.4. The summed E-state index contributed by atoms with van der Waals surface area (Å²) in [6.45, 7) is 4.85. The Labute approximate surface area is 238 Å². The molecule has 37 heavy (non-hydrogen) atoms. The number of nitrogens with zero attached hydrogens (tertiary/aromatic N) is 1. The lowest BCUT2D eigenvalue weighted by molar-refractivity contribution is -0.139. The minimum Gasteiger partial charge on any atom is -0.354 e. The Hall–Kier alpha value is -2.18. The Kier molecular flexibility index (Phi) is 11.7. The maximum Gasteiger partial charge on any atom is 0.243 e. The van der Waals surface area contributed by atoms with E-state index < -0.39 is 6.04 Å². The zero-order chi connectivity index (χ0) is 26.8. The summed E-state index contributed by atoms with van der Waals surface area (Å²) < 4.78 is 0. The zero-order valence-corrected chi connectivity index (χ0v) is 24.0. The standard InChI is InChI=1S/C29H31Cl3N2O2S/c1-20(2)16-33-29(36)27(15-21-6-4-3-5-7-21)34(17-23-10-13-25(31)26(32)14-23)28(35)19-37-18-22-8-11-24(30)12-9-22/h3-14,20,27H,15-19H2,1-2H3,(H,33,36)/t27-/m1/s1. The molecule has 0 aliphatic carbocycles. The molecule has 4 nitrogen and oxygen atoms in total. The molecule has 0 radical (unpaired) electrons. The van der Waals surface area contributed by atoms with Gasteiger partial charge in [0.1, 0.15) is 6.04 Å². The molecule has 1 N–H and O–H groups in total. The third kappa shape index (κ3) is 9.57. The van der Waals surface area contributed by atoms with E-state index in [1.807, 2.05) is 74.5 Å². The molecule has 0 saturated heterocycles. The molecule has 0 saturated carbocycles. The Bertz CT molecular complexity index is 1170. The quantitative estimate of drug-likeness (QED) is 0.246. The summed E-state index contributed by atoms with van der Waals surface area (Å²) in [5.74, 6) is 0.883. The van der Waals surface area contributed by atoms with Crippen LogP contribution in [0.5, 0.6) is 0 Å². The highest BCUT2D eigenvalue weighted by molar-refractivity contribution is 7.99. The van der Waals surface area contributed by atoms with E-state index in [2.05, 4.69) is 5.32 Å². The summed E-state index contributed by atoms with van der Waals surface area (Å²) in [4.78, 5) is 28.8.